The number of nitrogens with one attached hydrogen (secondary N) is 2. The summed E-state index contributed by atoms with van der Waals surface area (Å²) in [6.07, 6.45) is 6.73. The van der Waals surface area contributed by atoms with Crippen molar-refractivity contribution in [3.63, 3.8) is 0 Å². The van der Waals surface area contributed by atoms with E-state index < -0.39 is 0 Å². The first-order valence-corrected chi connectivity index (χ1v) is 8.85. The maximum absolute atomic E-state index is 12.7. The number of amides is 1. The van der Waals surface area contributed by atoms with Gasteiger partial charge in [-0.2, -0.15) is 0 Å². The molecule has 2 aromatic heterocycles. The van der Waals surface area contributed by atoms with Gasteiger partial charge < -0.3 is 15.2 Å². The quantitative estimate of drug-likeness (QED) is 0.696. The molecule has 2 N–H and O–H groups in total. The summed E-state index contributed by atoms with van der Waals surface area (Å²) in [4.78, 5) is 26.8. The Kier molecular flexibility index (Phi) is 4.39. The molecule has 3 heterocycles. The number of hydrogen-bond acceptors (Lipinski definition) is 4. The molecule has 0 radical (unpaired) electrons. The Morgan fingerprint density at radius 3 is 2.92 bits per heavy atom. The first kappa shape index (κ1) is 16.3. The van der Waals surface area contributed by atoms with Gasteiger partial charge in [-0.1, -0.05) is 31.2 Å². The lowest BCUT2D eigenvalue weighted by Crippen LogP contribution is -2.23. The van der Waals surface area contributed by atoms with Gasteiger partial charge in [0.1, 0.15) is 5.82 Å². The van der Waals surface area contributed by atoms with Gasteiger partial charge in [0.2, 0.25) is 0 Å². The average Bonchev–Trinajstić information content (AvgIpc) is 3.35. The smallest absolute Gasteiger partial charge is 0.253 e. The molecule has 0 saturated carbocycles. The molecular formula is C20H21N5O. The molecule has 0 saturated heterocycles. The monoisotopic (exact) mass is 347 g/mol. The molecule has 1 aliphatic rings. The minimum atomic E-state index is -0.128. The molecule has 0 aliphatic carbocycles. The van der Waals surface area contributed by atoms with Gasteiger partial charge in [-0.15, -0.1) is 0 Å². The molecule has 6 nitrogen and oxygen atoms in total. The van der Waals surface area contributed by atoms with Gasteiger partial charge in [0.05, 0.1) is 11.1 Å². The van der Waals surface area contributed by atoms with E-state index in [0.717, 1.165) is 30.9 Å². The van der Waals surface area contributed by atoms with E-state index in [1.54, 1.807) is 12.3 Å². The molecular weight excluding hydrogens is 326 g/mol. The number of anilines is 1. The number of carbonyl (C=O) groups excluding carboxylic acids is 1. The van der Waals surface area contributed by atoms with E-state index in [1.165, 1.54) is 5.69 Å². The lowest BCUT2D eigenvalue weighted by atomic mass is 10.1. The molecule has 0 fully saturated rings. The Bertz CT molecular complexity index is 967. The summed E-state index contributed by atoms with van der Waals surface area (Å²) in [5, 5.41) is 3.00. The van der Waals surface area contributed by atoms with E-state index in [-0.39, 0.29) is 5.91 Å². The number of H-pyrrole nitrogens is 1. The summed E-state index contributed by atoms with van der Waals surface area (Å²) < 4.78 is 0. The number of aromatic amines is 1. The van der Waals surface area contributed by atoms with Crippen LogP contribution in [-0.2, 0) is 13.0 Å². The molecule has 1 aliphatic heterocycles. The molecule has 26 heavy (non-hydrogen) atoms. The molecule has 0 atom stereocenters. The second-order valence-electron chi connectivity index (χ2n) is 6.32. The second kappa shape index (κ2) is 7.00. The van der Waals surface area contributed by atoms with Crippen molar-refractivity contribution in [3.05, 3.63) is 65.6 Å². The van der Waals surface area contributed by atoms with E-state index in [0.29, 0.717) is 23.3 Å². The Hall–Kier alpha value is -3.15. The van der Waals surface area contributed by atoms with Gasteiger partial charge >= 0.3 is 0 Å². The Morgan fingerprint density at radius 2 is 2.12 bits per heavy atom. The van der Waals surface area contributed by atoms with Gasteiger partial charge in [0.25, 0.3) is 5.91 Å². The van der Waals surface area contributed by atoms with Crippen LogP contribution in [0.3, 0.4) is 0 Å². The average molecular weight is 347 g/mol. The third kappa shape index (κ3) is 3.18. The molecule has 1 amide bonds. The van der Waals surface area contributed by atoms with Crippen LogP contribution in [-0.4, -0.2) is 33.9 Å². The fourth-order valence-electron chi connectivity index (χ4n) is 3.15. The van der Waals surface area contributed by atoms with E-state index in [9.17, 15) is 4.79 Å². The third-order valence-corrected chi connectivity index (χ3v) is 4.57. The van der Waals surface area contributed by atoms with Crippen LogP contribution in [0.15, 0.2) is 48.7 Å². The van der Waals surface area contributed by atoms with Crippen LogP contribution in [0.2, 0.25) is 0 Å². The van der Waals surface area contributed by atoms with Crippen molar-refractivity contribution in [2.24, 2.45) is 0 Å². The number of pyridine rings is 1. The predicted octanol–water partition coefficient (Wildman–Crippen LogP) is 2.83. The number of benzene rings is 1. The Morgan fingerprint density at radius 1 is 1.27 bits per heavy atom. The summed E-state index contributed by atoms with van der Waals surface area (Å²) >= 11 is 0. The fraction of sp³-hybridized carbons (Fsp3) is 0.250. The number of fused-ring (bicyclic) bond motifs is 1. The molecule has 0 bridgehead atoms. The molecule has 4 rings (SSSR count). The van der Waals surface area contributed by atoms with E-state index in [4.69, 9.17) is 0 Å². The van der Waals surface area contributed by atoms with Gasteiger partial charge in [-0.25, -0.2) is 9.97 Å². The maximum atomic E-state index is 12.7. The summed E-state index contributed by atoms with van der Waals surface area (Å²) in [6, 6.07) is 10.0. The van der Waals surface area contributed by atoms with Crippen molar-refractivity contribution < 1.29 is 4.79 Å². The largest absolute Gasteiger partial charge is 0.364 e. The van der Waals surface area contributed by atoms with E-state index >= 15 is 0 Å². The van der Waals surface area contributed by atoms with Gasteiger partial charge in [-0.3, -0.25) is 4.79 Å². The zero-order valence-electron chi connectivity index (χ0n) is 14.7. The number of aryl methyl sites for hydroxylation is 1. The summed E-state index contributed by atoms with van der Waals surface area (Å²) in [5.41, 5.74) is 4.10. The van der Waals surface area contributed by atoms with E-state index in [2.05, 4.69) is 49.5 Å². The lowest BCUT2D eigenvalue weighted by molar-refractivity contribution is 0.0952. The highest BCUT2D eigenvalue weighted by atomic mass is 16.1. The molecule has 0 unspecified atom stereocenters. The Labute approximate surface area is 152 Å². The fourth-order valence-corrected chi connectivity index (χ4v) is 3.15. The second-order valence-corrected chi connectivity index (χ2v) is 6.32. The highest BCUT2D eigenvalue weighted by Crippen LogP contribution is 2.19. The Balaban J connectivity index is 1.49. The normalized spacial score (nSPS) is 13.5. The van der Waals surface area contributed by atoms with Crippen LogP contribution < -0.4 is 10.2 Å². The first-order chi connectivity index (χ1) is 12.7. The van der Waals surface area contributed by atoms with Crippen LogP contribution in [0.4, 0.5) is 5.69 Å². The zero-order valence-corrected chi connectivity index (χ0v) is 14.7. The third-order valence-electron chi connectivity index (χ3n) is 4.57. The lowest BCUT2D eigenvalue weighted by Gasteiger charge is -2.18. The van der Waals surface area contributed by atoms with Crippen molar-refractivity contribution in [1.29, 1.82) is 0 Å². The van der Waals surface area contributed by atoms with Crippen molar-refractivity contribution in [1.82, 2.24) is 20.3 Å². The first-order valence-electron chi connectivity index (χ1n) is 8.85. The zero-order chi connectivity index (χ0) is 17.9. The number of hydrogen-bond donors (Lipinski definition) is 2. The van der Waals surface area contributed by atoms with Crippen molar-refractivity contribution >= 4 is 22.8 Å². The highest BCUT2D eigenvalue weighted by molar-refractivity contribution is 6.03. The van der Waals surface area contributed by atoms with Crippen LogP contribution in [0.5, 0.6) is 0 Å². The minimum Gasteiger partial charge on any atom is -0.364 e. The molecule has 0 spiro atoms. The molecule has 132 valence electrons. The number of aromatic nitrogens is 3. The standard InChI is InChI=1S/C20H21N5O/c1-2-17-23-18-16(8-9-21-19(18)24-17)20(26)22-13-14-6-5-7-15(12-14)25-10-3-4-11-25/h3-9,12H,2,10-11,13H2,1H3,(H,22,26)(H,21,23,24). The number of nitrogens with zero attached hydrogens (tertiary/aromatic N) is 3. The summed E-state index contributed by atoms with van der Waals surface area (Å²) in [5.74, 6) is 0.705. The number of imidazole rings is 1. The van der Waals surface area contributed by atoms with Crippen LogP contribution in [0.1, 0.15) is 28.7 Å². The van der Waals surface area contributed by atoms with Crippen molar-refractivity contribution in [2.45, 2.75) is 19.9 Å². The number of carbonyl (C=O) groups is 1. The van der Waals surface area contributed by atoms with Crippen LogP contribution in [0.25, 0.3) is 11.2 Å². The minimum absolute atomic E-state index is 0.128. The van der Waals surface area contributed by atoms with Gasteiger partial charge in [-0.05, 0) is 23.8 Å². The van der Waals surface area contributed by atoms with Crippen molar-refractivity contribution in [2.75, 3.05) is 18.0 Å². The predicted molar refractivity (Wildman–Crippen MR) is 102 cm³/mol. The summed E-state index contributed by atoms with van der Waals surface area (Å²) in [7, 11) is 0. The van der Waals surface area contributed by atoms with E-state index in [1.807, 2.05) is 19.1 Å². The summed E-state index contributed by atoms with van der Waals surface area (Å²) in [6.45, 7) is 4.36. The van der Waals surface area contributed by atoms with Crippen LogP contribution in [0, 0.1) is 0 Å². The van der Waals surface area contributed by atoms with Crippen LogP contribution >= 0.6 is 0 Å². The molecule has 1 aromatic carbocycles. The van der Waals surface area contributed by atoms with Gasteiger partial charge in [0.15, 0.2) is 5.65 Å². The maximum Gasteiger partial charge on any atom is 0.253 e. The molecule has 3 aromatic rings. The highest BCUT2D eigenvalue weighted by Gasteiger charge is 2.14. The topological polar surface area (TPSA) is 73.9 Å². The molecule has 6 heteroatoms. The SMILES string of the molecule is CCc1nc2nccc(C(=O)NCc3cccc(N4CC=CC4)c3)c2[nH]1. The van der Waals surface area contributed by atoms with Crippen molar-refractivity contribution in [3.8, 4) is 0 Å². The van der Waals surface area contributed by atoms with Gasteiger partial charge in [0, 0.05) is 37.9 Å². The number of rotatable bonds is 5.